The molecule has 120 heavy (non-hydrogen) atoms. The van der Waals surface area contributed by atoms with Crippen LogP contribution in [0, 0.1) is 28.2 Å². The first-order valence-electron chi connectivity index (χ1n) is 39.9. The predicted molar refractivity (Wildman–Crippen MR) is 482 cm³/mol. The minimum Gasteiger partial charge on any atom is -0.619 e. The largest absolute Gasteiger partial charge is 0.619 e. The van der Waals surface area contributed by atoms with Crippen LogP contribution >= 0.6 is 63.7 Å². The lowest BCUT2D eigenvalue weighted by Crippen LogP contribution is -2.40. The van der Waals surface area contributed by atoms with Crippen LogP contribution in [0.15, 0.2) is 165 Å². The fraction of sp³-hybridized carbons (Fsp3) is 0.415. The van der Waals surface area contributed by atoms with Gasteiger partial charge in [0.05, 0.1) is 81.1 Å². The lowest BCUT2D eigenvalue weighted by atomic mass is 9.85. The van der Waals surface area contributed by atoms with Gasteiger partial charge in [-0.15, -0.1) is 0 Å². The van der Waals surface area contributed by atoms with Crippen molar-refractivity contribution in [2.45, 2.75) is 129 Å². The first kappa shape index (κ1) is 90.6. The standard InChI is InChI=1S/2C22H30BrN7O2.2C19H23BrN6O2/c2*1-14(2)18(13-31)27-19-9-20(30-22(28-19)17(23)11-25-30)24-10-15-5-7-16(8-6-15)26-21(32)12-29(3)4;20-16-12-22-26-17(21-11-14-4-3-7-24(28)13-14)10-18(23-19(16)26)25-8-2-1-5-15(25)6-9-27;20-15-10-22-26-18(21-9-13-4-3-7-25(28)11-13)8-17(24-19(15)26)23-16-6-2-1-5-14(16)12-27/h2*5-9,11,14,18,24,31H,10,12-13H2,1-4H3,(H,26,32)(H,27,28);3-4,7,10,12-13,15,21,27H,1-2,5-6,8-9,11H2;3-4,7-8,10-11,14,16,21,27H,1-2,5-6,9,12H2,(H,23,24)/t2*18-;15-;14-,16-/m1010/s1. The van der Waals surface area contributed by atoms with Gasteiger partial charge in [0.15, 0.2) is 47.4 Å². The van der Waals surface area contributed by atoms with Crippen LogP contribution < -0.4 is 62.2 Å². The zero-order chi connectivity index (χ0) is 85.5. The molecule has 0 spiro atoms. The van der Waals surface area contributed by atoms with Gasteiger partial charge >= 0.3 is 0 Å². The highest BCUT2D eigenvalue weighted by Gasteiger charge is 2.28. The summed E-state index contributed by atoms with van der Waals surface area (Å²) in [4.78, 5) is 48.5. The van der Waals surface area contributed by atoms with E-state index in [2.05, 4.69) is 147 Å². The summed E-state index contributed by atoms with van der Waals surface area (Å²) < 4.78 is 11.7. The molecular weight excluding hydrogens is 1800 g/mol. The van der Waals surface area contributed by atoms with E-state index in [1.54, 1.807) is 61.2 Å². The van der Waals surface area contributed by atoms with E-state index in [-0.39, 0.29) is 80.2 Å². The molecule has 0 bridgehead atoms. The van der Waals surface area contributed by atoms with Crippen LogP contribution in [-0.4, -0.2) is 199 Å². The van der Waals surface area contributed by atoms with E-state index in [9.17, 15) is 40.4 Å². The maximum Gasteiger partial charge on any atom is 0.238 e. The predicted octanol–water partition coefficient (Wildman–Crippen LogP) is 11.2. The number of nitrogens with zero attached hydrogens (tertiary/aromatic N) is 17. The van der Waals surface area contributed by atoms with Crippen LogP contribution in [0.2, 0.25) is 0 Å². The second kappa shape index (κ2) is 43.9. The van der Waals surface area contributed by atoms with Crippen LogP contribution in [0.25, 0.3) is 22.6 Å². The van der Waals surface area contributed by atoms with Gasteiger partial charge in [-0.1, -0.05) is 64.8 Å². The summed E-state index contributed by atoms with van der Waals surface area (Å²) in [6.45, 7) is 12.3. The number of hydrogen-bond acceptors (Lipinski definition) is 26. The van der Waals surface area contributed by atoms with E-state index in [0.717, 1.165) is 153 Å². The molecule has 0 radical (unpaired) electrons. The average Bonchev–Trinajstić information content (AvgIpc) is 1.64. The summed E-state index contributed by atoms with van der Waals surface area (Å²) in [7, 11) is 7.43. The number of carbonyl (C=O) groups is 2. The summed E-state index contributed by atoms with van der Waals surface area (Å²) in [5.74, 6) is 6.71. The Labute approximate surface area is 730 Å². The highest BCUT2D eigenvalue weighted by Crippen LogP contribution is 2.33. The molecule has 10 aromatic heterocycles. The molecule has 34 nitrogen and oxygen atoms in total. The summed E-state index contributed by atoms with van der Waals surface area (Å²) in [6.07, 6.45) is 21.3. The molecule has 38 heteroatoms. The lowest BCUT2D eigenvalue weighted by molar-refractivity contribution is -0.606. The molecule has 5 atom stereocenters. The van der Waals surface area contributed by atoms with E-state index >= 15 is 0 Å². The Morgan fingerprint density at radius 1 is 0.508 bits per heavy atom. The summed E-state index contributed by atoms with van der Waals surface area (Å²) >= 11 is 14.0. The summed E-state index contributed by atoms with van der Waals surface area (Å²) in [5, 5.41) is 108. The van der Waals surface area contributed by atoms with E-state index in [0.29, 0.717) is 67.8 Å². The number of likely N-dealkylation sites (N-methyl/N-ethyl adjacent to an activating group) is 2. The Morgan fingerprint density at radius 3 is 1.30 bits per heavy atom. The SMILES string of the molecule is CC(C)[C@@H](CO)Nc1cc(NCc2ccc(NC(=O)CN(C)C)cc2)n2ncc(Br)c2n1.CC(C)[C@H](CO)Nc1cc(NCc2ccc(NC(=O)CN(C)C)cc2)n2ncc(Br)c2n1.[O-][n+]1cccc(CNc2cc(N3CCCC[C@@H]3CCO)nc3c(Br)cnn23)c1.[O-][n+]1cccc(CNc2cc(N[C@H]3CCCC[C@H]3CO)nc3c(Br)cnn23)c1. The van der Waals surface area contributed by atoms with Gasteiger partial charge in [-0.05, 0) is 190 Å². The molecule has 2 aliphatic rings. The number of carbonyl (C=O) groups excluding carboxylic acids is 2. The van der Waals surface area contributed by atoms with Crippen molar-refractivity contribution in [2.75, 3.05) is 127 Å². The molecule has 13 N–H and O–H groups in total. The summed E-state index contributed by atoms with van der Waals surface area (Å²) in [6, 6.07) is 30.6. The van der Waals surface area contributed by atoms with Crippen LogP contribution in [0.4, 0.5) is 57.9 Å². The number of aliphatic hydroxyl groups excluding tert-OH is 4. The van der Waals surface area contributed by atoms with Crippen molar-refractivity contribution in [3.63, 3.8) is 0 Å². The van der Waals surface area contributed by atoms with Crippen LogP contribution in [0.5, 0.6) is 0 Å². The Kier molecular flexibility index (Phi) is 33.1. The van der Waals surface area contributed by atoms with E-state index in [4.69, 9.17) is 9.97 Å². The number of aliphatic hydroxyl groups is 4. The van der Waals surface area contributed by atoms with Gasteiger partial charge in [-0.2, -0.15) is 47.9 Å². The number of aromatic nitrogens is 14. The fourth-order valence-electron chi connectivity index (χ4n) is 13.8. The zero-order valence-corrected chi connectivity index (χ0v) is 74.7. The molecule has 2 fully saturated rings. The quantitative estimate of drug-likeness (QED) is 0.0138. The lowest BCUT2D eigenvalue weighted by Gasteiger charge is -2.36. The number of anilines is 10. The minimum absolute atomic E-state index is 0.0190. The van der Waals surface area contributed by atoms with Gasteiger partial charge in [-0.25, -0.2) is 19.9 Å². The van der Waals surface area contributed by atoms with Crippen LogP contribution in [0.3, 0.4) is 0 Å². The molecular formula is C82H106Br4N26O8. The number of pyridine rings is 2. The third-order valence-electron chi connectivity index (χ3n) is 20.2. The minimum atomic E-state index is -0.102. The number of piperidine rings is 1. The smallest absolute Gasteiger partial charge is 0.238 e. The molecule has 640 valence electrons. The maximum absolute atomic E-state index is 11.9. The first-order chi connectivity index (χ1) is 57.8. The molecule has 14 rings (SSSR count). The second-order valence-corrected chi connectivity index (χ2v) is 34.1. The molecule has 1 saturated heterocycles. The van der Waals surface area contributed by atoms with Crippen molar-refractivity contribution in [1.82, 2.24) is 68.2 Å². The highest BCUT2D eigenvalue weighted by molar-refractivity contribution is 9.11. The zero-order valence-electron chi connectivity index (χ0n) is 68.4. The Balaban J connectivity index is 0.000000157. The number of hydrogen-bond donors (Lipinski definition) is 13. The number of benzene rings is 2. The molecule has 1 aliphatic carbocycles. The molecule has 11 heterocycles. The average molecular weight is 1900 g/mol. The van der Waals surface area contributed by atoms with Crippen LogP contribution in [0.1, 0.15) is 101 Å². The molecule has 1 saturated carbocycles. The molecule has 2 aromatic carbocycles. The molecule has 0 unspecified atom stereocenters. The fourth-order valence-corrected chi connectivity index (χ4v) is 15.1. The molecule has 12 aromatic rings. The summed E-state index contributed by atoms with van der Waals surface area (Å²) in [5.41, 5.74) is 8.18. The monoisotopic (exact) mass is 1900 g/mol. The van der Waals surface area contributed by atoms with Crippen molar-refractivity contribution < 1.29 is 39.5 Å². The van der Waals surface area contributed by atoms with Gasteiger partial charge in [0.25, 0.3) is 0 Å². The maximum atomic E-state index is 11.9. The highest BCUT2D eigenvalue weighted by atomic mass is 79.9. The van der Waals surface area contributed by atoms with Crippen LogP contribution in [-0.2, 0) is 35.8 Å². The Bertz CT molecular complexity index is 5150. The second-order valence-electron chi connectivity index (χ2n) is 30.7. The van der Waals surface area contributed by atoms with Crippen molar-refractivity contribution in [3.05, 3.63) is 197 Å². The number of rotatable bonds is 32. The van der Waals surface area contributed by atoms with E-state index < -0.39 is 0 Å². The number of nitrogens with one attached hydrogen (secondary N) is 9. The molecule has 2 amide bonds. The Morgan fingerprint density at radius 2 is 0.900 bits per heavy atom. The van der Waals surface area contributed by atoms with Crippen molar-refractivity contribution in [1.29, 1.82) is 0 Å². The Hall–Kier alpha value is -10.2. The van der Waals surface area contributed by atoms with Gasteiger partial charge < -0.3 is 93.4 Å². The third-order valence-corrected chi connectivity index (χ3v) is 22.4. The number of amides is 2. The molecule has 1 aliphatic heterocycles. The normalized spacial score (nSPS) is 15.2. The van der Waals surface area contributed by atoms with Gasteiger partial charge in [0.2, 0.25) is 11.8 Å². The van der Waals surface area contributed by atoms with Crippen molar-refractivity contribution in [3.8, 4) is 0 Å². The van der Waals surface area contributed by atoms with Crippen molar-refractivity contribution >= 4 is 156 Å². The number of halogens is 4. The number of fused-ring (bicyclic) bond motifs is 4. The first-order valence-corrected chi connectivity index (χ1v) is 43.0. The topological polar surface area (TPSA) is 408 Å². The van der Waals surface area contributed by atoms with Gasteiger partial charge in [0, 0.05) is 123 Å². The third kappa shape index (κ3) is 25.2. The van der Waals surface area contributed by atoms with Gasteiger partial charge in [0.1, 0.15) is 46.5 Å². The van der Waals surface area contributed by atoms with Gasteiger partial charge in [-0.3, -0.25) is 9.59 Å². The van der Waals surface area contributed by atoms with E-state index in [1.807, 2.05) is 151 Å². The van der Waals surface area contributed by atoms with Crippen molar-refractivity contribution in [2.24, 2.45) is 17.8 Å². The van der Waals surface area contributed by atoms with E-state index in [1.165, 1.54) is 25.0 Å².